The molecule has 3 N–H and O–H groups in total. The molecule has 6 heteroatoms. The van der Waals surface area contributed by atoms with Crippen molar-refractivity contribution < 1.29 is 5.11 Å². The summed E-state index contributed by atoms with van der Waals surface area (Å²) in [7, 11) is 0. The van der Waals surface area contributed by atoms with Crippen LogP contribution in [0.5, 0.6) is 0 Å². The minimum Gasteiger partial charge on any atom is -0.395 e. The molecule has 0 unspecified atom stereocenters. The first-order chi connectivity index (χ1) is 9.56. The van der Waals surface area contributed by atoms with Gasteiger partial charge in [0.15, 0.2) is 0 Å². The molecule has 1 aliphatic rings. The standard InChI is InChI=1S/C14H27N5O/c1-4-15-9-11-5-7-19(8-6-11)13-16-12(17-18-13)14(2,3)10-20/h11,15,20H,4-10H2,1-3H3,(H,16,17,18). The minimum atomic E-state index is -0.366. The molecule has 114 valence electrons. The van der Waals surface area contributed by atoms with Gasteiger partial charge in [-0.3, -0.25) is 5.10 Å². The topological polar surface area (TPSA) is 77.1 Å². The van der Waals surface area contributed by atoms with Crippen LogP contribution in [-0.2, 0) is 5.41 Å². The van der Waals surface area contributed by atoms with E-state index in [4.69, 9.17) is 0 Å². The van der Waals surface area contributed by atoms with Gasteiger partial charge in [0.25, 0.3) is 0 Å². The SMILES string of the molecule is CCNCC1CCN(c2n[nH]c(C(C)(C)CO)n2)CC1. The zero-order valence-electron chi connectivity index (χ0n) is 12.8. The summed E-state index contributed by atoms with van der Waals surface area (Å²) in [6, 6.07) is 0. The van der Waals surface area contributed by atoms with E-state index in [9.17, 15) is 5.11 Å². The summed E-state index contributed by atoms with van der Waals surface area (Å²) in [6.45, 7) is 10.3. The lowest BCUT2D eigenvalue weighted by Gasteiger charge is -2.31. The normalized spacial score (nSPS) is 17.7. The molecule has 1 saturated heterocycles. The van der Waals surface area contributed by atoms with E-state index in [-0.39, 0.29) is 12.0 Å². The molecule has 0 amide bonds. The molecule has 0 radical (unpaired) electrons. The van der Waals surface area contributed by atoms with E-state index in [1.807, 2.05) is 13.8 Å². The average Bonchev–Trinajstić information content (AvgIpc) is 2.96. The van der Waals surface area contributed by atoms with Crippen LogP contribution in [0.1, 0.15) is 39.4 Å². The lowest BCUT2D eigenvalue weighted by atomic mass is 9.94. The molecular weight excluding hydrogens is 254 g/mol. The zero-order chi connectivity index (χ0) is 14.6. The zero-order valence-corrected chi connectivity index (χ0v) is 12.8. The molecule has 1 aromatic rings. The minimum absolute atomic E-state index is 0.0619. The fourth-order valence-electron chi connectivity index (χ4n) is 2.46. The molecule has 0 spiro atoms. The fraction of sp³-hybridized carbons (Fsp3) is 0.857. The summed E-state index contributed by atoms with van der Waals surface area (Å²) < 4.78 is 0. The first-order valence-electron chi connectivity index (χ1n) is 7.56. The van der Waals surface area contributed by atoms with Crippen LogP contribution < -0.4 is 10.2 Å². The Labute approximate surface area is 121 Å². The maximum absolute atomic E-state index is 9.38. The number of piperidine rings is 1. The number of hydrogen-bond donors (Lipinski definition) is 3. The number of aromatic amines is 1. The third kappa shape index (κ3) is 3.49. The van der Waals surface area contributed by atoms with Gasteiger partial charge in [0.2, 0.25) is 5.95 Å². The predicted molar refractivity (Wildman–Crippen MR) is 80.0 cm³/mol. The van der Waals surface area contributed by atoms with Gasteiger partial charge in [-0.15, -0.1) is 5.10 Å². The summed E-state index contributed by atoms with van der Waals surface area (Å²) in [5.74, 6) is 2.28. The van der Waals surface area contributed by atoms with Gasteiger partial charge in [-0.05, 0) is 31.8 Å². The van der Waals surface area contributed by atoms with Crippen molar-refractivity contribution in [3.63, 3.8) is 0 Å². The highest BCUT2D eigenvalue weighted by Crippen LogP contribution is 2.23. The fourth-order valence-corrected chi connectivity index (χ4v) is 2.46. The average molecular weight is 281 g/mol. The third-order valence-corrected chi connectivity index (χ3v) is 4.09. The number of hydrogen-bond acceptors (Lipinski definition) is 5. The number of aromatic nitrogens is 3. The summed E-state index contributed by atoms with van der Waals surface area (Å²) >= 11 is 0. The lowest BCUT2D eigenvalue weighted by Crippen LogP contribution is -2.37. The highest BCUT2D eigenvalue weighted by molar-refractivity contribution is 5.30. The van der Waals surface area contributed by atoms with Crippen molar-refractivity contribution >= 4 is 5.95 Å². The number of aliphatic hydroxyl groups excluding tert-OH is 1. The molecule has 1 aromatic heterocycles. The number of nitrogens with one attached hydrogen (secondary N) is 2. The van der Waals surface area contributed by atoms with Crippen molar-refractivity contribution in [1.29, 1.82) is 0 Å². The van der Waals surface area contributed by atoms with Gasteiger partial charge in [0, 0.05) is 18.5 Å². The van der Waals surface area contributed by atoms with Gasteiger partial charge in [-0.1, -0.05) is 20.8 Å². The van der Waals surface area contributed by atoms with Crippen LogP contribution in [0.25, 0.3) is 0 Å². The van der Waals surface area contributed by atoms with E-state index in [0.717, 1.165) is 43.9 Å². The Hall–Kier alpha value is -1.14. The summed E-state index contributed by atoms with van der Waals surface area (Å²) in [5.41, 5.74) is -0.366. The number of rotatable bonds is 6. The first kappa shape index (κ1) is 15.3. The summed E-state index contributed by atoms with van der Waals surface area (Å²) in [6.07, 6.45) is 2.36. The van der Waals surface area contributed by atoms with E-state index >= 15 is 0 Å². The van der Waals surface area contributed by atoms with Crippen molar-refractivity contribution in [2.24, 2.45) is 5.92 Å². The van der Waals surface area contributed by atoms with Gasteiger partial charge in [-0.2, -0.15) is 4.98 Å². The molecule has 2 heterocycles. The van der Waals surface area contributed by atoms with E-state index in [1.54, 1.807) is 0 Å². The highest BCUT2D eigenvalue weighted by Gasteiger charge is 2.26. The molecular formula is C14H27N5O. The van der Waals surface area contributed by atoms with Crippen molar-refractivity contribution in [2.75, 3.05) is 37.7 Å². The number of H-pyrrole nitrogens is 1. The van der Waals surface area contributed by atoms with Gasteiger partial charge >= 0.3 is 0 Å². The molecule has 6 nitrogen and oxygen atoms in total. The monoisotopic (exact) mass is 281 g/mol. The van der Waals surface area contributed by atoms with Crippen molar-refractivity contribution in [3.8, 4) is 0 Å². The van der Waals surface area contributed by atoms with Crippen LogP contribution in [0, 0.1) is 5.92 Å². The van der Waals surface area contributed by atoms with Gasteiger partial charge in [0.1, 0.15) is 5.82 Å². The first-order valence-corrected chi connectivity index (χ1v) is 7.56. The van der Waals surface area contributed by atoms with E-state index in [0.29, 0.717) is 0 Å². The van der Waals surface area contributed by atoms with Crippen molar-refractivity contribution in [3.05, 3.63) is 5.82 Å². The second kappa shape index (κ2) is 6.54. The Kier molecular flexibility index (Phi) is 4.99. The Morgan fingerprint density at radius 3 is 2.70 bits per heavy atom. The molecule has 0 saturated carbocycles. The summed E-state index contributed by atoms with van der Waals surface area (Å²) in [4.78, 5) is 6.78. The van der Waals surface area contributed by atoms with Crippen LogP contribution in [0.15, 0.2) is 0 Å². The summed E-state index contributed by atoms with van der Waals surface area (Å²) in [5, 5.41) is 20.1. The van der Waals surface area contributed by atoms with Gasteiger partial charge in [0.05, 0.1) is 6.61 Å². The van der Waals surface area contributed by atoms with Gasteiger partial charge < -0.3 is 15.3 Å². The quantitative estimate of drug-likeness (QED) is 0.722. The van der Waals surface area contributed by atoms with Crippen molar-refractivity contribution in [1.82, 2.24) is 20.5 Å². The van der Waals surface area contributed by atoms with E-state index in [1.165, 1.54) is 12.8 Å². The molecule has 2 rings (SSSR count). The third-order valence-electron chi connectivity index (χ3n) is 4.09. The van der Waals surface area contributed by atoms with Crippen LogP contribution in [0.3, 0.4) is 0 Å². The number of nitrogens with zero attached hydrogens (tertiary/aromatic N) is 3. The molecule has 1 aliphatic heterocycles. The van der Waals surface area contributed by atoms with Crippen LogP contribution in [0.4, 0.5) is 5.95 Å². The Bertz CT molecular complexity index is 409. The highest BCUT2D eigenvalue weighted by atomic mass is 16.3. The largest absolute Gasteiger partial charge is 0.395 e. The lowest BCUT2D eigenvalue weighted by molar-refractivity contribution is 0.212. The van der Waals surface area contributed by atoms with Crippen LogP contribution >= 0.6 is 0 Å². The predicted octanol–water partition coefficient (Wildman–Crippen LogP) is 0.900. The van der Waals surface area contributed by atoms with Crippen LogP contribution in [0.2, 0.25) is 0 Å². The molecule has 0 atom stereocenters. The second-order valence-electron chi connectivity index (χ2n) is 6.26. The molecule has 1 fully saturated rings. The Balaban J connectivity index is 1.91. The van der Waals surface area contributed by atoms with Gasteiger partial charge in [-0.25, -0.2) is 0 Å². The Morgan fingerprint density at radius 1 is 1.40 bits per heavy atom. The molecule has 0 bridgehead atoms. The molecule has 0 aromatic carbocycles. The number of aliphatic hydroxyl groups is 1. The molecule has 20 heavy (non-hydrogen) atoms. The van der Waals surface area contributed by atoms with Crippen LogP contribution in [-0.4, -0.2) is 53.1 Å². The van der Waals surface area contributed by atoms with E-state index < -0.39 is 0 Å². The Morgan fingerprint density at radius 2 is 2.10 bits per heavy atom. The smallest absolute Gasteiger partial charge is 0.244 e. The van der Waals surface area contributed by atoms with E-state index in [2.05, 4.69) is 32.3 Å². The maximum atomic E-state index is 9.38. The molecule has 0 aliphatic carbocycles. The maximum Gasteiger partial charge on any atom is 0.244 e. The second-order valence-corrected chi connectivity index (χ2v) is 6.26. The van der Waals surface area contributed by atoms with Crippen molar-refractivity contribution in [2.45, 2.75) is 39.0 Å². The number of anilines is 1.